The summed E-state index contributed by atoms with van der Waals surface area (Å²) in [5.74, 6) is -0.694. The van der Waals surface area contributed by atoms with Gasteiger partial charge in [-0.2, -0.15) is 0 Å². The van der Waals surface area contributed by atoms with Gasteiger partial charge in [-0.25, -0.2) is 13.2 Å². The van der Waals surface area contributed by atoms with Gasteiger partial charge in [0.25, 0.3) is 5.91 Å². The number of sulfone groups is 1. The van der Waals surface area contributed by atoms with Crippen molar-refractivity contribution in [2.45, 2.75) is 96.7 Å². The molecule has 222 valence electrons. The zero-order chi connectivity index (χ0) is 30.4. The van der Waals surface area contributed by atoms with Crippen LogP contribution in [-0.2, 0) is 14.6 Å². The maximum atomic E-state index is 14.5. The second-order valence-electron chi connectivity index (χ2n) is 14.1. The first-order valence-corrected chi connectivity index (χ1v) is 16.4. The van der Waals surface area contributed by atoms with E-state index in [2.05, 4.69) is 41.5 Å². The van der Waals surface area contributed by atoms with E-state index in [1.165, 1.54) is 6.07 Å². The zero-order valence-electron chi connectivity index (χ0n) is 25.4. The number of carboxylic acid groups (broad SMARTS) is 1. The van der Waals surface area contributed by atoms with Gasteiger partial charge in [0.2, 0.25) is 0 Å². The summed E-state index contributed by atoms with van der Waals surface area (Å²) in [4.78, 5) is 33.4. The molecule has 2 aromatic rings. The van der Waals surface area contributed by atoms with Gasteiger partial charge in [-0.15, -0.1) is 0 Å². The summed E-state index contributed by atoms with van der Waals surface area (Å²) in [5, 5.41) is 9.48. The number of hydrogen-bond acceptors (Lipinski definition) is 5. The van der Waals surface area contributed by atoms with Crippen molar-refractivity contribution in [2.24, 2.45) is 21.7 Å². The van der Waals surface area contributed by atoms with Crippen molar-refractivity contribution < 1.29 is 23.1 Å². The van der Waals surface area contributed by atoms with Crippen molar-refractivity contribution >= 4 is 27.4 Å². The molecule has 0 aromatic heterocycles. The molecule has 1 atom stereocenters. The molecular formula is C33H44N2O5S. The largest absolute Gasteiger partial charge is 0.478 e. The molecule has 2 aromatic carbocycles. The van der Waals surface area contributed by atoms with E-state index in [9.17, 15) is 23.1 Å². The summed E-state index contributed by atoms with van der Waals surface area (Å²) < 4.78 is 24.7. The summed E-state index contributed by atoms with van der Waals surface area (Å²) in [6.07, 6.45) is 5.99. The number of rotatable bonds is 7. The summed E-state index contributed by atoms with van der Waals surface area (Å²) in [6.45, 7) is 13.3. The van der Waals surface area contributed by atoms with E-state index >= 15 is 0 Å². The third kappa shape index (κ3) is 6.74. The molecule has 0 unspecified atom stereocenters. The number of aliphatic imine (C=N–C) groups is 1. The van der Waals surface area contributed by atoms with Crippen LogP contribution in [-0.4, -0.2) is 47.9 Å². The molecular weight excluding hydrogens is 536 g/mol. The van der Waals surface area contributed by atoms with Crippen LogP contribution in [0.5, 0.6) is 0 Å². The highest BCUT2D eigenvalue weighted by molar-refractivity contribution is 7.90. The second kappa shape index (κ2) is 11.0. The lowest BCUT2D eigenvalue weighted by atomic mass is 9.69. The summed E-state index contributed by atoms with van der Waals surface area (Å²) in [6, 6.07) is 13.0. The highest BCUT2D eigenvalue weighted by atomic mass is 32.2. The molecule has 1 saturated carbocycles. The molecule has 41 heavy (non-hydrogen) atoms. The van der Waals surface area contributed by atoms with Crippen molar-refractivity contribution in [1.29, 1.82) is 0 Å². The van der Waals surface area contributed by atoms with Crippen LogP contribution in [0.15, 0.2) is 58.4 Å². The van der Waals surface area contributed by atoms with Crippen LogP contribution in [0, 0.1) is 16.7 Å². The number of benzene rings is 2. The minimum Gasteiger partial charge on any atom is -0.478 e. The standard InChI is InChI=1S/C33H44N2O5S/c1-31(2,3)18-17-27(22-11-13-23(14-12-22)30(37)38)35-29(36)28(24-9-8-10-26(21-24)41(7,39)40)34-33(35)19-15-25(16-20-33)32(4,5)6/h8-14,21,25,27H,15-20H2,1-7H3,(H,37,38)/t25?,27-,33?/m1/s1. The van der Waals surface area contributed by atoms with Crippen LogP contribution in [0.25, 0.3) is 0 Å². The first-order chi connectivity index (χ1) is 18.9. The Morgan fingerprint density at radius 2 is 1.66 bits per heavy atom. The van der Waals surface area contributed by atoms with Crippen LogP contribution >= 0.6 is 0 Å². The van der Waals surface area contributed by atoms with Gasteiger partial charge in [0, 0.05) is 11.8 Å². The Labute approximate surface area is 245 Å². The molecule has 1 spiro atoms. The fraction of sp³-hybridized carbons (Fsp3) is 0.545. The van der Waals surface area contributed by atoms with Crippen LogP contribution in [0.2, 0.25) is 0 Å². The van der Waals surface area contributed by atoms with E-state index in [0.29, 0.717) is 23.6 Å². The average Bonchev–Trinajstić information content (AvgIpc) is 3.14. The van der Waals surface area contributed by atoms with Crippen molar-refractivity contribution in [2.75, 3.05) is 6.26 Å². The Kier molecular flexibility index (Phi) is 8.31. The van der Waals surface area contributed by atoms with Gasteiger partial charge in [0.15, 0.2) is 9.84 Å². The average molecular weight is 581 g/mol. The van der Waals surface area contributed by atoms with E-state index < -0.39 is 21.5 Å². The van der Waals surface area contributed by atoms with Gasteiger partial charge in [0.05, 0.1) is 16.5 Å². The van der Waals surface area contributed by atoms with Gasteiger partial charge in [-0.05, 0) is 85.1 Å². The normalized spacial score (nSPS) is 22.6. The summed E-state index contributed by atoms with van der Waals surface area (Å²) >= 11 is 0. The molecule has 0 bridgehead atoms. The highest BCUT2D eigenvalue weighted by Gasteiger charge is 2.52. The smallest absolute Gasteiger partial charge is 0.335 e. The number of hydrogen-bond donors (Lipinski definition) is 1. The lowest BCUT2D eigenvalue weighted by Crippen LogP contribution is -2.51. The van der Waals surface area contributed by atoms with Crippen molar-refractivity contribution in [1.82, 2.24) is 4.90 Å². The molecule has 4 rings (SSSR count). The van der Waals surface area contributed by atoms with E-state index in [-0.39, 0.29) is 33.2 Å². The van der Waals surface area contributed by atoms with Crippen molar-refractivity contribution in [3.8, 4) is 0 Å². The van der Waals surface area contributed by atoms with Gasteiger partial charge >= 0.3 is 5.97 Å². The minimum atomic E-state index is -3.47. The number of nitrogens with zero attached hydrogens (tertiary/aromatic N) is 2. The van der Waals surface area contributed by atoms with E-state index in [1.807, 2.05) is 17.0 Å². The number of carbonyl (C=O) groups is 2. The molecule has 0 saturated heterocycles. The maximum absolute atomic E-state index is 14.5. The monoisotopic (exact) mass is 580 g/mol. The first kappa shape index (κ1) is 30.9. The fourth-order valence-corrected chi connectivity index (χ4v) is 6.93. The predicted molar refractivity (Wildman–Crippen MR) is 162 cm³/mol. The van der Waals surface area contributed by atoms with Gasteiger partial charge in [-0.3, -0.25) is 9.79 Å². The fourth-order valence-electron chi connectivity index (χ4n) is 6.27. The molecule has 7 nitrogen and oxygen atoms in total. The molecule has 1 amide bonds. The van der Waals surface area contributed by atoms with E-state index in [1.54, 1.807) is 30.3 Å². The quantitative estimate of drug-likeness (QED) is 0.383. The van der Waals surface area contributed by atoms with E-state index in [4.69, 9.17) is 4.99 Å². The molecule has 1 fully saturated rings. The van der Waals surface area contributed by atoms with Gasteiger partial charge in [-0.1, -0.05) is 65.8 Å². The number of carboxylic acids is 1. The molecule has 0 radical (unpaired) electrons. The van der Waals surface area contributed by atoms with Crippen LogP contribution in [0.1, 0.15) is 108 Å². The zero-order valence-corrected chi connectivity index (χ0v) is 26.2. The Bertz CT molecular complexity index is 1440. The first-order valence-electron chi connectivity index (χ1n) is 14.5. The Morgan fingerprint density at radius 1 is 1.05 bits per heavy atom. The lowest BCUT2D eigenvalue weighted by molar-refractivity contribution is -0.134. The topological polar surface area (TPSA) is 104 Å². The third-order valence-corrected chi connectivity index (χ3v) is 9.87. The molecule has 1 aliphatic heterocycles. The van der Waals surface area contributed by atoms with Crippen molar-refractivity contribution in [3.05, 3.63) is 65.2 Å². The Morgan fingerprint density at radius 3 is 2.17 bits per heavy atom. The second-order valence-corrected chi connectivity index (χ2v) is 16.1. The molecule has 8 heteroatoms. The Balaban J connectivity index is 1.84. The van der Waals surface area contributed by atoms with Crippen LogP contribution in [0.4, 0.5) is 0 Å². The Hall–Kier alpha value is -3.00. The predicted octanol–water partition coefficient (Wildman–Crippen LogP) is 6.92. The van der Waals surface area contributed by atoms with Crippen molar-refractivity contribution in [3.63, 3.8) is 0 Å². The highest BCUT2D eigenvalue weighted by Crippen LogP contribution is 2.50. The maximum Gasteiger partial charge on any atom is 0.335 e. The number of aromatic carboxylic acids is 1. The molecule has 1 N–H and O–H groups in total. The van der Waals surface area contributed by atoms with E-state index in [0.717, 1.165) is 43.9 Å². The number of carbonyl (C=O) groups excluding carboxylic acids is 1. The third-order valence-electron chi connectivity index (χ3n) is 8.76. The molecule has 1 aliphatic carbocycles. The SMILES string of the molecule is CC(C)(C)CC[C@H](c1ccc(C(=O)O)cc1)N1C(=O)C(c2cccc(S(C)(=O)=O)c2)=NC12CCC(C(C)(C)C)CC2. The lowest BCUT2D eigenvalue weighted by Gasteiger charge is -2.47. The summed E-state index contributed by atoms with van der Waals surface area (Å²) in [5.41, 5.74) is 1.30. The van der Waals surface area contributed by atoms with Gasteiger partial charge in [0.1, 0.15) is 11.4 Å². The van der Waals surface area contributed by atoms with Crippen LogP contribution in [0.3, 0.4) is 0 Å². The molecule has 2 aliphatic rings. The molecule has 1 heterocycles. The minimum absolute atomic E-state index is 0.0204. The summed E-state index contributed by atoms with van der Waals surface area (Å²) in [7, 11) is -3.47. The number of amides is 1. The van der Waals surface area contributed by atoms with Crippen LogP contribution < -0.4 is 0 Å². The van der Waals surface area contributed by atoms with Gasteiger partial charge < -0.3 is 10.0 Å².